The Bertz CT molecular complexity index is 1700. The predicted molar refractivity (Wildman–Crippen MR) is 151 cm³/mol. The Balaban J connectivity index is 1.56. The van der Waals surface area contributed by atoms with Gasteiger partial charge in [-0.3, -0.25) is 0 Å². The summed E-state index contributed by atoms with van der Waals surface area (Å²) in [6.07, 6.45) is 0.609. The largest absolute Gasteiger partial charge is 0.341 e. The summed E-state index contributed by atoms with van der Waals surface area (Å²) < 4.78 is 8.73. The second-order valence-corrected chi connectivity index (χ2v) is 11.4. The highest BCUT2D eigenvalue weighted by molar-refractivity contribution is 6.35. The van der Waals surface area contributed by atoms with Crippen LogP contribution in [0, 0.1) is 18.3 Å². The first-order valence-electron chi connectivity index (χ1n) is 13.0. The van der Waals surface area contributed by atoms with E-state index in [4.69, 9.17) is 32.9 Å². The summed E-state index contributed by atoms with van der Waals surface area (Å²) in [6.45, 7) is 8.65. The van der Waals surface area contributed by atoms with E-state index in [0.29, 0.717) is 15.6 Å². The van der Waals surface area contributed by atoms with E-state index >= 15 is 0 Å². The second-order valence-electron chi connectivity index (χ2n) is 10.6. The van der Waals surface area contributed by atoms with Crippen LogP contribution in [0.4, 0.5) is 5.69 Å². The van der Waals surface area contributed by atoms with Crippen LogP contribution >= 0.6 is 23.2 Å². The third-order valence-corrected chi connectivity index (χ3v) is 8.62. The lowest BCUT2D eigenvalue weighted by molar-refractivity contribution is 0.366. The first kappa shape index (κ1) is 23.8. The van der Waals surface area contributed by atoms with E-state index in [0.717, 1.165) is 57.1 Å². The zero-order chi connectivity index (χ0) is 26.5. The van der Waals surface area contributed by atoms with E-state index in [9.17, 15) is 5.26 Å². The number of benzene rings is 3. The average molecular weight is 541 g/mol. The first-order valence-corrected chi connectivity index (χ1v) is 13.8. The number of aromatic nitrogens is 2. The quantitative estimate of drug-likeness (QED) is 0.246. The molecule has 0 saturated carbocycles. The van der Waals surface area contributed by atoms with Crippen LogP contribution in [0.3, 0.4) is 0 Å². The molecule has 0 aliphatic carbocycles. The Kier molecular flexibility index (Phi) is 5.23. The van der Waals surface area contributed by atoms with Crippen molar-refractivity contribution in [1.29, 1.82) is 5.26 Å². The van der Waals surface area contributed by atoms with Gasteiger partial charge in [-0.15, -0.1) is 0 Å². The number of epoxide rings is 1. The highest BCUT2D eigenvalue weighted by Gasteiger charge is 2.58. The third kappa shape index (κ3) is 3.18. The predicted octanol–water partition coefficient (Wildman–Crippen LogP) is 8.17. The minimum atomic E-state index is -0.121. The smallest absolute Gasteiger partial charge is 0.164 e. The van der Waals surface area contributed by atoms with Gasteiger partial charge >= 0.3 is 0 Å². The number of hydrogen-bond donors (Lipinski definition) is 0. The van der Waals surface area contributed by atoms with Crippen molar-refractivity contribution in [3.63, 3.8) is 0 Å². The molecule has 3 unspecified atom stereocenters. The molecular weight excluding hydrogens is 515 g/mol. The van der Waals surface area contributed by atoms with Gasteiger partial charge in [-0.2, -0.15) is 5.26 Å². The summed E-state index contributed by atoms with van der Waals surface area (Å²) in [5.74, 6) is 0.888. The van der Waals surface area contributed by atoms with E-state index < -0.39 is 0 Å². The number of rotatable bonds is 3. The monoisotopic (exact) mass is 540 g/mol. The van der Waals surface area contributed by atoms with Crippen molar-refractivity contribution in [3.05, 3.63) is 92.2 Å². The van der Waals surface area contributed by atoms with E-state index in [1.165, 1.54) is 5.56 Å². The molecule has 3 atom stereocenters. The third-order valence-electron chi connectivity index (χ3n) is 8.07. The maximum Gasteiger partial charge on any atom is 0.164 e. The summed E-state index contributed by atoms with van der Waals surface area (Å²) in [7, 11) is 0. The van der Waals surface area contributed by atoms with Gasteiger partial charge in [0.2, 0.25) is 0 Å². The van der Waals surface area contributed by atoms with Crippen molar-refractivity contribution in [2.45, 2.75) is 58.5 Å². The van der Waals surface area contributed by atoms with Crippen molar-refractivity contribution in [2.75, 3.05) is 4.90 Å². The Morgan fingerprint density at radius 2 is 1.89 bits per heavy atom. The number of fused-ring (bicyclic) bond motifs is 11. The topological polar surface area (TPSA) is 57.4 Å². The van der Waals surface area contributed by atoms with Crippen LogP contribution in [0.1, 0.15) is 72.6 Å². The Hall–Kier alpha value is -3.30. The van der Waals surface area contributed by atoms with Crippen molar-refractivity contribution in [1.82, 2.24) is 9.55 Å². The summed E-state index contributed by atoms with van der Waals surface area (Å²) in [4.78, 5) is 7.68. The van der Waals surface area contributed by atoms with Gasteiger partial charge in [0, 0.05) is 22.2 Å². The van der Waals surface area contributed by atoms with Gasteiger partial charge in [0.15, 0.2) is 6.23 Å². The van der Waals surface area contributed by atoms with Crippen molar-refractivity contribution in [3.8, 4) is 28.6 Å². The van der Waals surface area contributed by atoms with Crippen molar-refractivity contribution in [2.24, 2.45) is 0 Å². The Morgan fingerprint density at radius 1 is 1.08 bits per heavy atom. The van der Waals surface area contributed by atoms with Gasteiger partial charge in [0.1, 0.15) is 11.9 Å². The molecule has 1 saturated heterocycles. The van der Waals surface area contributed by atoms with E-state index in [1.54, 1.807) is 0 Å². The van der Waals surface area contributed by atoms with Crippen LogP contribution in [0.25, 0.3) is 22.5 Å². The summed E-state index contributed by atoms with van der Waals surface area (Å²) in [5, 5.41) is 11.0. The van der Waals surface area contributed by atoms with E-state index in [2.05, 4.69) is 61.4 Å². The molecule has 7 heteroatoms. The number of halogens is 2. The molecule has 190 valence electrons. The number of hydrogen-bond acceptors (Lipinski definition) is 4. The maximum atomic E-state index is 9.66. The normalized spacial score (nSPS) is 20.3. The van der Waals surface area contributed by atoms with Gasteiger partial charge in [0.25, 0.3) is 0 Å². The Morgan fingerprint density at radius 3 is 2.63 bits per heavy atom. The van der Waals surface area contributed by atoms with E-state index in [1.807, 2.05) is 30.3 Å². The highest BCUT2D eigenvalue weighted by atomic mass is 35.5. The summed E-state index contributed by atoms with van der Waals surface area (Å²) in [5.41, 5.74) is 10.3. The summed E-state index contributed by atoms with van der Waals surface area (Å²) in [6, 6.07) is 18.4. The number of imidazole rings is 1. The molecule has 0 bridgehead atoms. The fraction of sp³-hybridized carbons (Fsp3) is 0.290. The van der Waals surface area contributed by atoms with Gasteiger partial charge < -0.3 is 14.2 Å². The molecular formula is C31H26Cl2N4O. The fourth-order valence-electron chi connectivity index (χ4n) is 6.41. The molecule has 1 aromatic heterocycles. The molecule has 3 aromatic carbocycles. The van der Waals surface area contributed by atoms with Gasteiger partial charge in [-0.05, 0) is 79.8 Å². The molecule has 1 fully saturated rings. The Labute approximate surface area is 232 Å². The molecule has 4 aromatic rings. The van der Waals surface area contributed by atoms with Crippen molar-refractivity contribution >= 4 is 28.9 Å². The standard InChI is InChI=1S/C31H26Cl2N4O/c1-5-18-8-7-17(14-34)12-21(18)30-35-25-28(36(30)15(2)3)27-20-10-9-19(32)13-22(20)24-23(33)11-6-16(4)26(24)37(27)31-29(25)38-31/h6-13,15,27,29,31H,5H2,1-4H3. The van der Waals surface area contributed by atoms with Crippen LogP contribution in [-0.2, 0) is 11.2 Å². The molecule has 4 heterocycles. The van der Waals surface area contributed by atoms with Crippen LogP contribution in [-0.4, -0.2) is 15.8 Å². The zero-order valence-corrected chi connectivity index (χ0v) is 23.1. The minimum absolute atomic E-state index is 0.112. The highest BCUT2D eigenvalue weighted by Crippen LogP contribution is 2.61. The van der Waals surface area contributed by atoms with Crippen molar-refractivity contribution < 1.29 is 4.74 Å². The molecule has 0 spiro atoms. The van der Waals surface area contributed by atoms with E-state index in [-0.39, 0.29) is 24.4 Å². The molecule has 3 aliphatic rings. The van der Waals surface area contributed by atoms with Crippen LogP contribution < -0.4 is 4.90 Å². The molecule has 0 amide bonds. The van der Waals surface area contributed by atoms with Crippen LogP contribution in [0.2, 0.25) is 10.0 Å². The lowest BCUT2D eigenvalue weighted by Gasteiger charge is -2.43. The SMILES string of the molecule is CCc1ccc(C#N)cc1-c1nc2c(n1C(C)C)C1c3ccc(Cl)cc3-c3c(Cl)ccc(C)c3N1C1OC21. The van der Waals surface area contributed by atoms with Crippen LogP contribution in [0.15, 0.2) is 48.5 Å². The molecule has 5 nitrogen and oxygen atoms in total. The fourth-order valence-corrected chi connectivity index (χ4v) is 6.84. The van der Waals surface area contributed by atoms with Gasteiger partial charge in [-0.25, -0.2) is 4.98 Å². The molecule has 0 N–H and O–H groups in total. The van der Waals surface area contributed by atoms with Gasteiger partial charge in [-0.1, -0.05) is 48.3 Å². The lowest BCUT2D eigenvalue weighted by atomic mass is 9.82. The maximum absolute atomic E-state index is 9.66. The number of nitriles is 1. The number of ether oxygens (including phenoxy) is 1. The molecule has 38 heavy (non-hydrogen) atoms. The molecule has 0 radical (unpaired) electrons. The lowest BCUT2D eigenvalue weighted by Crippen LogP contribution is -2.40. The molecule has 3 aliphatic heterocycles. The minimum Gasteiger partial charge on any atom is -0.341 e. The number of aryl methyl sites for hydroxylation is 2. The number of anilines is 1. The summed E-state index contributed by atoms with van der Waals surface area (Å²) >= 11 is 13.4. The van der Waals surface area contributed by atoms with Crippen LogP contribution in [0.5, 0.6) is 0 Å². The second kappa shape index (κ2) is 8.35. The average Bonchev–Trinajstić information content (AvgIpc) is 3.61. The number of nitrogens with zero attached hydrogens (tertiary/aromatic N) is 4. The first-order chi connectivity index (χ1) is 18.3. The molecule has 7 rings (SSSR count). The van der Waals surface area contributed by atoms with Gasteiger partial charge in [0.05, 0.1) is 39.8 Å². The zero-order valence-electron chi connectivity index (χ0n) is 21.6.